The van der Waals surface area contributed by atoms with Gasteiger partial charge >= 0.3 is 12.0 Å². The summed E-state index contributed by atoms with van der Waals surface area (Å²) in [5, 5.41) is 40.6. The van der Waals surface area contributed by atoms with E-state index in [1.807, 2.05) is 0 Å². The predicted molar refractivity (Wildman–Crippen MR) is 56.5 cm³/mol. The summed E-state index contributed by atoms with van der Waals surface area (Å²) in [6.45, 7) is 0.753. The Labute approximate surface area is 102 Å². The van der Waals surface area contributed by atoms with E-state index in [-0.39, 0.29) is 0 Å². The molecule has 0 radical (unpaired) electrons. The molecule has 0 saturated carbocycles. The highest BCUT2D eigenvalue weighted by Crippen LogP contribution is 2.19. The highest BCUT2D eigenvalue weighted by atomic mass is 16.6. The van der Waals surface area contributed by atoms with Crippen molar-refractivity contribution in [3.05, 3.63) is 0 Å². The van der Waals surface area contributed by atoms with Gasteiger partial charge in [-0.3, -0.25) is 4.79 Å². The number of carbonyl (C=O) groups is 2. The van der Waals surface area contributed by atoms with Crippen molar-refractivity contribution < 1.29 is 34.8 Å². The van der Waals surface area contributed by atoms with E-state index in [2.05, 4.69) is 10.6 Å². The highest BCUT2D eigenvalue weighted by Gasteiger charge is 2.43. The maximum atomic E-state index is 11.3. The molecule has 104 valence electrons. The van der Waals surface area contributed by atoms with Gasteiger partial charge in [-0.15, -0.1) is 0 Å². The molecule has 1 aliphatic heterocycles. The molecule has 1 aliphatic rings. The minimum Gasteiger partial charge on any atom is -0.480 e. The molecule has 9 nitrogen and oxygen atoms in total. The lowest BCUT2D eigenvalue weighted by Crippen LogP contribution is -2.51. The summed E-state index contributed by atoms with van der Waals surface area (Å²) in [7, 11) is 0. The molecule has 18 heavy (non-hydrogen) atoms. The topological polar surface area (TPSA) is 148 Å². The van der Waals surface area contributed by atoms with Crippen molar-refractivity contribution in [2.24, 2.45) is 0 Å². The Morgan fingerprint density at radius 2 is 1.94 bits per heavy atom. The van der Waals surface area contributed by atoms with Gasteiger partial charge in [0.25, 0.3) is 0 Å². The second-order valence-electron chi connectivity index (χ2n) is 3.94. The third-order valence-electron chi connectivity index (χ3n) is 2.53. The Balaban J connectivity index is 2.48. The molecule has 1 saturated heterocycles. The number of aliphatic carboxylic acids is 1. The van der Waals surface area contributed by atoms with Gasteiger partial charge in [-0.05, 0) is 6.92 Å². The van der Waals surface area contributed by atoms with Crippen molar-refractivity contribution in [1.29, 1.82) is 0 Å². The van der Waals surface area contributed by atoms with Crippen molar-refractivity contribution in [3.63, 3.8) is 0 Å². The summed E-state index contributed by atoms with van der Waals surface area (Å²) in [5.74, 6) is -1.22. The van der Waals surface area contributed by atoms with Crippen molar-refractivity contribution in [2.75, 3.05) is 6.61 Å². The van der Waals surface area contributed by atoms with Gasteiger partial charge in [-0.2, -0.15) is 0 Å². The Kier molecular flexibility index (Phi) is 4.84. The number of aliphatic hydroxyl groups excluding tert-OH is 3. The van der Waals surface area contributed by atoms with E-state index in [0.29, 0.717) is 0 Å². The highest BCUT2D eigenvalue weighted by molar-refractivity contribution is 5.82. The van der Waals surface area contributed by atoms with Crippen LogP contribution >= 0.6 is 0 Å². The van der Waals surface area contributed by atoms with Gasteiger partial charge in [0.2, 0.25) is 0 Å². The molecular weight excluding hydrogens is 248 g/mol. The number of rotatable bonds is 4. The third-order valence-corrected chi connectivity index (χ3v) is 2.53. The largest absolute Gasteiger partial charge is 0.480 e. The number of carboxylic acids is 1. The fourth-order valence-corrected chi connectivity index (χ4v) is 1.45. The van der Waals surface area contributed by atoms with Crippen molar-refractivity contribution in [2.45, 2.75) is 37.5 Å². The number of urea groups is 1. The smallest absolute Gasteiger partial charge is 0.325 e. The summed E-state index contributed by atoms with van der Waals surface area (Å²) in [6, 6.07) is -1.97. The van der Waals surface area contributed by atoms with Crippen molar-refractivity contribution in [3.8, 4) is 0 Å². The molecular formula is C9H16N2O7. The Hall–Kier alpha value is -1.42. The fourth-order valence-electron chi connectivity index (χ4n) is 1.45. The standard InChI is InChI=1S/C9H16N2O7/c1-3(8(15)16)10-9(17)11-7-6(14)5(13)4(2-12)18-7/h3-7,12-14H,2H2,1H3,(H,15,16)(H2,10,11,17)/t3?,4-,5-,6-,7?/m1/s1. The third kappa shape index (κ3) is 3.29. The Bertz CT molecular complexity index is 324. The molecule has 9 heteroatoms. The first-order chi connectivity index (χ1) is 8.36. The first kappa shape index (κ1) is 14.6. The number of hydrogen-bond donors (Lipinski definition) is 6. The van der Waals surface area contributed by atoms with Crippen LogP contribution in [0.15, 0.2) is 0 Å². The predicted octanol–water partition coefficient (Wildman–Crippen LogP) is -2.80. The van der Waals surface area contributed by atoms with Gasteiger partial charge in [-0.25, -0.2) is 4.79 Å². The van der Waals surface area contributed by atoms with E-state index in [9.17, 15) is 19.8 Å². The van der Waals surface area contributed by atoms with Crippen molar-refractivity contribution >= 4 is 12.0 Å². The van der Waals surface area contributed by atoms with Gasteiger partial charge in [0.05, 0.1) is 6.61 Å². The summed E-state index contributed by atoms with van der Waals surface area (Å²) in [6.07, 6.45) is -4.93. The lowest BCUT2D eigenvalue weighted by molar-refractivity contribution is -0.138. The van der Waals surface area contributed by atoms with Gasteiger partial charge in [-0.1, -0.05) is 0 Å². The van der Waals surface area contributed by atoms with Gasteiger partial charge in [0.1, 0.15) is 24.4 Å². The van der Waals surface area contributed by atoms with E-state index in [0.717, 1.165) is 0 Å². The number of ether oxygens (including phenoxy) is 1. The summed E-state index contributed by atoms with van der Waals surface area (Å²) in [4.78, 5) is 21.8. The zero-order valence-corrected chi connectivity index (χ0v) is 9.61. The molecule has 0 spiro atoms. The molecule has 1 fully saturated rings. The van der Waals surface area contributed by atoms with Crippen LogP contribution in [0.1, 0.15) is 6.92 Å². The zero-order chi connectivity index (χ0) is 13.9. The quantitative estimate of drug-likeness (QED) is 0.321. The van der Waals surface area contributed by atoms with Gasteiger partial charge in [0.15, 0.2) is 6.23 Å². The number of nitrogens with one attached hydrogen (secondary N) is 2. The van der Waals surface area contributed by atoms with Crippen LogP contribution in [0, 0.1) is 0 Å². The normalized spacial score (nSPS) is 32.9. The molecule has 0 aliphatic carbocycles. The maximum Gasteiger partial charge on any atom is 0.325 e. The maximum absolute atomic E-state index is 11.3. The molecule has 2 unspecified atom stereocenters. The summed E-state index contributed by atoms with van der Waals surface area (Å²) >= 11 is 0. The van der Waals surface area contributed by atoms with Crippen LogP contribution in [0.25, 0.3) is 0 Å². The molecule has 0 aromatic carbocycles. The van der Waals surface area contributed by atoms with Crippen LogP contribution in [0.4, 0.5) is 4.79 Å². The minimum atomic E-state index is -1.40. The first-order valence-electron chi connectivity index (χ1n) is 5.29. The van der Waals surface area contributed by atoms with Crippen LogP contribution in [0.3, 0.4) is 0 Å². The fraction of sp³-hybridized carbons (Fsp3) is 0.778. The SMILES string of the molecule is CC(NC(=O)NC1O[C@H](CO)[C@@H](O)[C@H]1O)C(=O)O. The van der Waals surface area contributed by atoms with Crippen LogP contribution in [-0.4, -0.2) is 69.6 Å². The second-order valence-corrected chi connectivity index (χ2v) is 3.94. The van der Waals surface area contributed by atoms with E-state index >= 15 is 0 Å². The number of hydrogen-bond acceptors (Lipinski definition) is 6. The lowest BCUT2D eigenvalue weighted by atomic mass is 10.1. The average molecular weight is 264 g/mol. The van der Waals surface area contributed by atoms with E-state index in [4.69, 9.17) is 14.9 Å². The van der Waals surface area contributed by atoms with Crippen molar-refractivity contribution in [1.82, 2.24) is 10.6 Å². The number of amides is 2. The molecule has 5 atom stereocenters. The van der Waals surface area contributed by atoms with Gasteiger partial charge in [0, 0.05) is 0 Å². The van der Waals surface area contributed by atoms with E-state index < -0.39 is 49.2 Å². The monoisotopic (exact) mass is 264 g/mol. The Morgan fingerprint density at radius 3 is 2.39 bits per heavy atom. The molecule has 1 rings (SSSR count). The molecule has 0 bridgehead atoms. The molecule has 6 N–H and O–H groups in total. The van der Waals surface area contributed by atoms with E-state index in [1.165, 1.54) is 6.92 Å². The first-order valence-corrected chi connectivity index (χ1v) is 5.29. The number of carbonyl (C=O) groups excluding carboxylic acids is 1. The van der Waals surface area contributed by atoms with Crippen LogP contribution in [0.5, 0.6) is 0 Å². The van der Waals surface area contributed by atoms with Crippen LogP contribution in [-0.2, 0) is 9.53 Å². The Morgan fingerprint density at radius 1 is 1.33 bits per heavy atom. The number of aliphatic hydroxyl groups is 3. The second kappa shape index (κ2) is 5.96. The average Bonchev–Trinajstić information content (AvgIpc) is 2.56. The van der Waals surface area contributed by atoms with Gasteiger partial charge < -0.3 is 35.8 Å². The summed E-state index contributed by atoms with van der Waals surface area (Å²) < 4.78 is 4.98. The lowest BCUT2D eigenvalue weighted by Gasteiger charge is -2.18. The molecule has 2 amide bonds. The zero-order valence-electron chi connectivity index (χ0n) is 9.61. The number of carboxylic acid groups (broad SMARTS) is 1. The molecule has 0 aromatic heterocycles. The molecule has 1 heterocycles. The van der Waals surface area contributed by atoms with E-state index in [1.54, 1.807) is 0 Å². The minimum absolute atomic E-state index is 0.510. The van der Waals surface area contributed by atoms with Crippen LogP contribution in [0.2, 0.25) is 0 Å². The van der Waals surface area contributed by atoms with Crippen LogP contribution < -0.4 is 10.6 Å². The summed E-state index contributed by atoms with van der Waals surface area (Å²) in [5.41, 5.74) is 0. The molecule has 0 aromatic rings.